The lowest BCUT2D eigenvalue weighted by Crippen LogP contribution is -2.24. The first kappa shape index (κ1) is 14.6. The van der Waals surface area contributed by atoms with E-state index in [1.807, 2.05) is 27.7 Å². The lowest BCUT2D eigenvalue weighted by molar-refractivity contribution is 0.576. The fourth-order valence-electron chi connectivity index (χ4n) is 2.31. The van der Waals surface area contributed by atoms with Gasteiger partial charge in [-0.1, -0.05) is 12.1 Å². The van der Waals surface area contributed by atoms with Gasteiger partial charge in [0.2, 0.25) is 0 Å². The van der Waals surface area contributed by atoms with Crippen molar-refractivity contribution >= 4 is 0 Å². The van der Waals surface area contributed by atoms with Gasteiger partial charge in [-0.2, -0.15) is 0 Å². The van der Waals surface area contributed by atoms with E-state index in [0.717, 1.165) is 28.3 Å². The minimum atomic E-state index is -0.379. The summed E-state index contributed by atoms with van der Waals surface area (Å²) < 4.78 is 13.1. The van der Waals surface area contributed by atoms with Crippen molar-refractivity contribution in [3.8, 4) is 0 Å². The van der Waals surface area contributed by atoms with Gasteiger partial charge in [0.05, 0.1) is 0 Å². The molecule has 106 valence electrons. The van der Waals surface area contributed by atoms with Gasteiger partial charge in [-0.25, -0.2) is 14.4 Å². The van der Waals surface area contributed by atoms with Crippen LogP contribution in [0.5, 0.6) is 0 Å². The topological polar surface area (TPSA) is 51.8 Å². The van der Waals surface area contributed by atoms with Crippen molar-refractivity contribution in [1.29, 1.82) is 0 Å². The number of hydrogen-bond acceptors (Lipinski definition) is 3. The first-order valence-corrected chi connectivity index (χ1v) is 6.67. The molecule has 0 spiro atoms. The molecular formula is C16H20FN3. The highest BCUT2D eigenvalue weighted by molar-refractivity contribution is 5.34. The molecule has 0 atom stereocenters. The summed E-state index contributed by atoms with van der Waals surface area (Å²) >= 11 is 0. The van der Waals surface area contributed by atoms with E-state index >= 15 is 0 Å². The average molecular weight is 273 g/mol. The van der Waals surface area contributed by atoms with E-state index in [4.69, 9.17) is 5.73 Å². The first-order chi connectivity index (χ1) is 9.36. The maximum Gasteiger partial charge on any atom is 0.138 e. The Morgan fingerprint density at radius 1 is 1.05 bits per heavy atom. The second-order valence-corrected chi connectivity index (χ2v) is 5.53. The number of aryl methyl sites for hydroxylation is 2. The van der Waals surface area contributed by atoms with Crippen LogP contribution in [-0.4, -0.2) is 9.97 Å². The van der Waals surface area contributed by atoms with Crippen LogP contribution in [0.3, 0.4) is 0 Å². The van der Waals surface area contributed by atoms with Crippen LogP contribution >= 0.6 is 0 Å². The smallest absolute Gasteiger partial charge is 0.138 e. The van der Waals surface area contributed by atoms with Crippen LogP contribution in [-0.2, 0) is 12.0 Å². The molecule has 0 bridgehead atoms. The lowest BCUT2D eigenvalue weighted by Gasteiger charge is -2.25. The Morgan fingerprint density at radius 3 is 2.00 bits per heavy atom. The summed E-state index contributed by atoms with van der Waals surface area (Å²) in [6.07, 6.45) is 0. The zero-order valence-corrected chi connectivity index (χ0v) is 12.4. The number of halogens is 1. The van der Waals surface area contributed by atoms with E-state index < -0.39 is 0 Å². The summed E-state index contributed by atoms with van der Waals surface area (Å²) in [7, 11) is 0. The van der Waals surface area contributed by atoms with Gasteiger partial charge >= 0.3 is 0 Å². The van der Waals surface area contributed by atoms with Crippen LogP contribution in [0.15, 0.2) is 24.3 Å². The predicted octanol–water partition coefficient (Wildman–Crippen LogP) is 3.02. The largest absolute Gasteiger partial charge is 0.326 e. The number of hydrogen-bond donors (Lipinski definition) is 1. The molecule has 0 aliphatic rings. The van der Waals surface area contributed by atoms with Crippen LogP contribution in [0.1, 0.15) is 42.2 Å². The molecule has 3 nitrogen and oxygen atoms in total. The van der Waals surface area contributed by atoms with Crippen molar-refractivity contribution in [2.24, 2.45) is 5.73 Å². The minimum absolute atomic E-state index is 0.240. The predicted molar refractivity (Wildman–Crippen MR) is 77.9 cm³/mol. The van der Waals surface area contributed by atoms with E-state index in [9.17, 15) is 4.39 Å². The fraction of sp³-hybridized carbons (Fsp3) is 0.375. The van der Waals surface area contributed by atoms with E-state index in [2.05, 4.69) is 9.97 Å². The fourth-order valence-corrected chi connectivity index (χ4v) is 2.31. The van der Waals surface area contributed by atoms with Gasteiger partial charge in [0.15, 0.2) is 0 Å². The molecule has 4 heteroatoms. The third kappa shape index (κ3) is 2.56. The molecule has 0 aliphatic carbocycles. The summed E-state index contributed by atoms with van der Waals surface area (Å²) in [6, 6.07) is 6.48. The summed E-state index contributed by atoms with van der Waals surface area (Å²) in [4.78, 5) is 9.18. The highest BCUT2D eigenvalue weighted by Crippen LogP contribution is 2.30. The van der Waals surface area contributed by atoms with E-state index in [1.165, 1.54) is 12.1 Å². The first-order valence-electron chi connectivity index (χ1n) is 6.67. The van der Waals surface area contributed by atoms with Crippen LogP contribution < -0.4 is 5.73 Å². The second-order valence-electron chi connectivity index (χ2n) is 5.53. The molecule has 2 aromatic rings. The number of nitrogens with zero attached hydrogens (tertiary/aromatic N) is 2. The Balaban J connectivity index is 2.51. The summed E-state index contributed by atoms with van der Waals surface area (Å²) in [5.74, 6) is 0.493. The standard InChI is InChI=1S/C16H20FN3/c1-10-14(9-18)11(2)20-15(19-10)16(3,4)12-5-7-13(17)8-6-12/h5-8H,9,18H2,1-4H3. The lowest BCUT2D eigenvalue weighted by atomic mass is 9.83. The number of aromatic nitrogens is 2. The molecule has 0 fully saturated rings. The molecule has 0 radical (unpaired) electrons. The van der Waals surface area contributed by atoms with Crippen molar-refractivity contribution in [3.05, 3.63) is 58.4 Å². The van der Waals surface area contributed by atoms with Crippen LogP contribution in [0.2, 0.25) is 0 Å². The quantitative estimate of drug-likeness (QED) is 0.935. The Kier molecular flexibility index (Phi) is 3.86. The monoisotopic (exact) mass is 273 g/mol. The maximum atomic E-state index is 13.1. The zero-order chi connectivity index (χ0) is 14.9. The minimum Gasteiger partial charge on any atom is -0.326 e. The van der Waals surface area contributed by atoms with E-state index in [-0.39, 0.29) is 11.2 Å². The van der Waals surface area contributed by atoms with Crippen molar-refractivity contribution < 1.29 is 4.39 Å². The van der Waals surface area contributed by atoms with Gasteiger partial charge in [0, 0.05) is 28.9 Å². The van der Waals surface area contributed by atoms with Crippen molar-refractivity contribution in [2.75, 3.05) is 0 Å². The highest BCUT2D eigenvalue weighted by atomic mass is 19.1. The summed E-state index contributed by atoms with van der Waals surface area (Å²) in [5.41, 5.74) is 9.13. The second kappa shape index (κ2) is 5.29. The maximum absolute atomic E-state index is 13.1. The van der Waals surface area contributed by atoms with Crippen molar-refractivity contribution in [2.45, 2.75) is 39.7 Å². The Morgan fingerprint density at radius 2 is 1.55 bits per heavy atom. The molecule has 2 rings (SSSR count). The van der Waals surface area contributed by atoms with Crippen LogP contribution in [0.4, 0.5) is 4.39 Å². The Bertz CT molecular complexity index is 595. The van der Waals surface area contributed by atoms with Crippen molar-refractivity contribution in [1.82, 2.24) is 9.97 Å². The van der Waals surface area contributed by atoms with E-state index in [0.29, 0.717) is 6.54 Å². The molecule has 0 unspecified atom stereocenters. The number of rotatable bonds is 3. The van der Waals surface area contributed by atoms with Crippen LogP contribution in [0.25, 0.3) is 0 Å². The number of nitrogens with two attached hydrogens (primary N) is 1. The Hall–Kier alpha value is -1.81. The molecule has 1 aromatic carbocycles. The van der Waals surface area contributed by atoms with Crippen molar-refractivity contribution in [3.63, 3.8) is 0 Å². The summed E-state index contributed by atoms with van der Waals surface area (Å²) in [5, 5.41) is 0. The molecular weight excluding hydrogens is 253 g/mol. The molecule has 20 heavy (non-hydrogen) atoms. The third-order valence-electron chi connectivity index (χ3n) is 3.75. The molecule has 1 heterocycles. The van der Waals surface area contributed by atoms with Gasteiger partial charge < -0.3 is 5.73 Å². The Labute approximate surface area is 119 Å². The van der Waals surface area contributed by atoms with Gasteiger partial charge in [-0.15, -0.1) is 0 Å². The molecule has 0 amide bonds. The van der Waals surface area contributed by atoms with E-state index in [1.54, 1.807) is 12.1 Å². The molecule has 0 saturated heterocycles. The average Bonchev–Trinajstić information content (AvgIpc) is 2.38. The number of benzene rings is 1. The SMILES string of the molecule is Cc1nc(C(C)(C)c2ccc(F)cc2)nc(C)c1CN. The zero-order valence-electron chi connectivity index (χ0n) is 12.4. The van der Waals surface area contributed by atoms with Gasteiger partial charge in [-0.05, 0) is 45.4 Å². The molecule has 2 N–H and O–H groups in total. The normalized spacial score (nSPS) is 11.7. The summed E-state index contributed by atoms with van der Waals surface area (Å²) in [6.45, 7) is 8.41. The van der Waals surface area contributed by atoms with Gasteiger partial charge in [0.25, 0.3) is 0 Å². The van der Waals surface area contributed by atoms with Gasteiger partial charge in [-0.3, -0.25) is 0 Å². The highest BCUT2D eigenvalue weighted by Gasteiger charge is 2.27. The van der Waals surface area contributed by atoms with Gasteiger partial charge in [0.1, 0.15) is 11.6 Å². The molecule has 0 saturated carbocycles. The molecule has 0 aliphatic heterocycles. The third-order valence-corrected chi connectivity index (χ3v) is 3.75. The van der Waals surface area contributed by atoms with Crippen LogP contribution in [0, 0.1) is 19.7 Å². The molecule has 1 aromatic heterocycles.